The zero-order valence-electron chi connectivity index (χ0n) is 13.0. The Hall–Kier alpha value is -0.970. The lowest BCUT2D eigenvalue weighted by Crippen LogP contribution is -2.37. The molecule has 0 saturated heterocycles. The predicted octanol–water partition coefficient (Wildman–Crippen LogP) is 3.65. The lowest BCUT2D eigenvalue weighted by molar-refractivity contribution is 0.529. The number of aromatic nitrogens is 2. The largest absolute Gasteiger partial charge is 0.373 e. The molecule has 0 unspecified atom stereocenters. The zero-order valence-corrected chi connectivity index (χ0v) is 13.8. The summed E-state index contributed by atoms with van der Waals surface area (Å²) in [6.45, 7) is 5.62. The molecule has 0 aliphatic heterocycles. The number of nitrogens with zero attached hydrogens (tertiary/aromatic N) is 3. The van der Waals surface area contributed by atoms with Crippen LogP contribution in [0.5, 0.6) is 0 Å². The molecule has 0 atom stereocenters. The summed E-state index contributed by atoms with van der Waals surface area (Å²) >= 11 is 1.60. The third kappa shape index (κ3) is 3.78. The van der Waals surface area contributed by atoms with E-state index in [2.05, 4.69) is 35.1 Å². The van der Waals surface area contributed by atoms with E-state index in [0.717, 1.165) is 23.3 Å². The van der Waals surface area contributed by atoms with E-state index in [1.54, 1.807) is 11.8 Å². The molecule has 20 heavy (non-hydrogen) atoms. The van der Waals surface area contributed by atoms with Crippen molar-refractivity contribution < 1.29 is 0 Å². The molecule has 112 valence electrons. The predicted molar refractivity (Wildman–Crippen MR) is 87.8 cm³/mol. The molecule has 1 aromatic rings. The van der Waals surface area contributed by atoms with Crippen molar-refractivity contribution in [2.24, 2.45) is 5.92 Å². The molecule has 0 spiro atoms. The van der Waals surface area contributed by atoms with Crippen LogP contribution in [0.1, 0.15) is 39.5 Å². The highest BCUT2D eigenvalue weighted by atomic mass is 32.2. The van der Waals surface area contributed by atoms with Gasteiger partial charge in [-0.3, -0.25) is 0 Å². The van der Waals surface area contributed by atoms with Gasteiger partial charge in [-0.05, 0) is 25.0 Å². The molecule has 2 rings (SSSR count). The summed E-state index contributed by atoms with van der Waals surface area (Å²) in [4.78, 5) is 11.7. The number of hydrogen-bond donors (Lipinski definition) is 1. The topological polar surface area (TPSA) is 41.0 Å². The fraction of sp³-hybridized carbons (Fsp3) is 0.733. The van der Waals surface area contributed by atoms with Crippen molar-refractivity contribution in [2.45, 2.75) is 50.7 Å². The second-order valence-electron chi connectivity index (χ2n) is 5.83. The first kappa shape index (κ1) is 15.4. The number of rotatable bonds is 6. The number of nitrogens with one attached hydrogen (secondary N) is 1. The normalized spacial score (nSPS) is 15.8. The van der Waals surface area contributed by atoms with E-state index in [4.69, 9.17) is 4.98 Å². The minimum absolute atomic E-state index is 0.640. The Morgan fingerprint density at radius 3 is 2.60 bits per heavy atom. The second kappa shape index (κ2) is 7.16. The van der Waals surface area contributed by atoms with Gasteiger partial charge in [0.05, 0.1) is 0 Å². The van der Waals surface area contributed by atoms with E-state index in [1.807, 2.05) is 13.3 Å². The summed E-state index contributed by atoms with van der Waals surface area (Å²) in [5.74, 6) is 2.63. The van der Waals surface area contributed by atoms with E-state index >= 15 is 0 Å². The molecular weight excluding hydrogens is 268 g/mol. The summed E-state index contributed by atoms with van der Waals surface area (Å²) in [7, 11) is 1.92. The fourth-order valence-electron chi connectivity index (χ4n) is 2.82. The molecule has 1 aromatic heterocycles. The highest BCUT2D eigenvalue weighted by Crippen LogP contribution is 2.30. The van der Waals surface area contributed by atoms with Crippen molar-refractivity contribution in [2.75, 3.05) is 30.1 Å². The van der Waals surface area contributed by atoms with Gasteiger partial charge in [0.2, 0.25) is 0 Å². The standard InChI is InChI=1S/C15H26N4S/c1-11(2)10-19(12-7-5-6-8-12)14-9-13(16-3)17-15(18-14)20-4/h9,11-12H,5-8,10H2,1-4H3,(H,16,17,18). The molecule has 0 radical (unpaired) electrons. The molecule has 1 aliphatic rings. The highest BCUT2D eigenvalue weighted by Gasteiger charge is 2.25. The van der Waals surface area contributed by atoms with E-state index in [-0.39, 0.29) is 0 Å². The maximum Gasteiger partial charge on any atom is 0.191 e. The Balaban J connectivity index is 2.30. The van der Waals surface area contributed by atoms with Crippen molar-refractivity contribution >= 4 is 23.4 Å². The molecule has 4 nitrogen and oxygen atoms in total. The van der Waals surface area contributed by atoms with E-state index in [1.165, 1.54) is 25.7 Å². The van der Waals surface area contributed by atoms with Crippen molar-refractivity contribution in [1.29, 1.82) is 0 Å². The zero-order chi connectivity index (χ0) is 14.5. The molecule has 1 heterocycles. The highest BCUT2D eigenvalue weighted by molar-refractivity contribution is 7.98. The van der Waals surface area contributed by atoms with Gasteiger partial charge in [0.15, 0.2) is 5.16 Å². The molecule has 1 fully saturated rings. The van der Waals surface area contributed by atoms with Gasteiger partial charge in [0.1, 0.15) is 11.6 Å². The summed E-state index contributed by atoms with van der Waals surface area (Å²) in [6, 6.07) is 2.73. The first-order valence-electron chi connectivity index (χ1n) is 7.51. The maximum atomic E-state index is 4.74. The van der Waals surface area contributed by atoms with Crippen molar-refractivity contribution in [3.8, 4) is 0 Å². The Labute approximate surface area is 126 Å². The number of thioether (sulfide) groups is 1. The molecule has 1 N–H and O–H groups in total. The smallest absolute Gasteiger partial charge is 0.191 e. The van der Waals surface area contributed by atoms with Crippen molar-refractivity contribution in [3.05, 3.63) is 6.07 Å². The van der Waals surface area contributed by atoms with Crippen LogP contribution in [0.3, 0.4) is 0 Å². The quantitative estimate of drug-likeness (QED) is 0.641. The SMILES string of the molecule is CNc1cc(N(CC(C)C)C2CCCC2)nc(SC)n1. The van der Waals surface area contributed by atoms with Gasteiger partial charge < -0.3 is 10.2 Å². The summed E-state index contributed by atoms with van der Waals surface area (Å²) in [6.07, 6.45) is 7.30. The Bertz CT molecular complexity index is 408. The van der Waals surface area contributed by atoms with E-state index < -0.39 is 0 Å². The molecule has 5 heteroatoms. The van der Waals surface area contributed by atoms with Crippen LogP contribution in [0.25, 0.3) is 0 Å². The van der Waals surface area contributed by atoms with Gasteiger partial charge in [-0.1, -0.05) is 38.5 Å². The molecule has 1 aliphatic carbocycles. The Kier molecular flexibility index (Phi) is 5.52. The first-order valence-corrected chi connectivity index (χ1v) is 8.74. The van der Waals surface area contributed by atoms with Gasteiger partial charge in [-0.15, -0.1) is 0 Å². The van der Waals surface area contributed by atoms with Gasteiger partial charge in [-0.2, -0.15) is 0 Å². The van der Waals surface area contributed by atoms with E-state index in [0.29, 0.717) is 12.0 Å². The molecular formula is C15H26N4S. The summed E-state index contributed by atoms with van der Waals surface area (Å²) in [5, 5.41) is 4.00. The van der Waals surface area contributed by atoms with Gasteiger partial charge in [-0.25, -0.2) is 9.97 Å². The van der Waals surface area contributed by atoms with Crippen LogP contribution in [0.4, 0.5) is 11.6 Å². The van der Waals surface area contributed by atoms with Crippen LogP contribution >= 0.6 is 11.8 Å². The van der Waals surface area contributed by atoms with Gasteiger partial charge in [0, 0.05) is 25.7 Å². The van der Waals surface area contributed by atoms with Gasteiger partial charge >= 0.3 is 0 Å². The lowest BCUT2D eigenvalue weighted by Gasteiger charge is -2.32. The fourth-order valence-corrected chi connectivity index (χ4v) is 3.19. The number of hydrogen-bond acceptors (Lipinski definition) is 5. The van der Waals surface area contributed by atoms with Crippen LogP contribution < -0.4 is 10.2 Å². The van der Waals surface area contributed by atoms with Crippen LogP contribution in [0.15, 0.2) is 11.2 Å². The van der Waals surface area contributed by atoms with Crippen LogP contribution in [0, 0.1) is 5.92 Å². The van der Waals surface area contributed by atoms with Gasteiger partial charge in [0.25, 0.3) is 0 Å². The van der Waals surface area contributed by atoms with Crippen LogP contribution in [-0.4, -0.2) is 35.9 Å². The number of anilines is 2. The summed E-state index contributed by atoms with van der Waals surface area (Å²) < 4.78 is 0. The summed E-state index contributed by atoms with van der Waals surface area (Å²) in [5.41, 5.74) is 0. The first-order chi connectivity index (χ1) is 9.63. The van der Waals surface area contributed by atoms with Crippen LogP contribution in [-0.2, 0) is 0 Å². The maximum absolute atomic E-state index is 4.74. The van der Waals surface area contributed by atoms with Crippen molar-refractivity contribution in [1.82, 2.24) is 9.97 Å². The second-order valence-corrected chi connectivity index (χ2v) is 6.61. The lowest BCUT2D eigenvalue weighted by atomic mass is 10.1. The molecule has 1 saturated carbocycles. The van der Waals surface area contributed by atoms with Crippen molar-refractivity contribution in [3.63, 3.8) is 0 Å². The Morgan fingerprint density at radius 2 is 2.05 bits per heavy atom. The minimum atomic E-state index is 0.640. The van der Waals surface area contributed by atoms with Crippen LogP contribution in [0.2, 0.25) is 0 Å². The molecule has 0 aromatic carbocycles. The monoisotopic (exact) mass is 294 g/mol. The molecule has 0 amide bonds. The average molecular weight is 294 g/mol. The minimum Gasteiger partial charge on any atom is -0.373 e. The van der Waals surface area contributed by atoms with E-state index in [9.17, 15) is 0 Å². The average Bonchev–Trinajstić information content (AvgIpc) is 2.97. The third-order valence-corrected chi connectivity index (χ3v) is 4.30. The third-order valence-electron chi connectivity index (χ3n) is 3.75. The molecule has 0 bridgehead atoms. The Morgan fingerprint density at radius 1 is 1.35 bits per heavy atom.